The second-order valence-electron chi connectivity index (χ2n) is 5.06. The van der Waals surface area contributed by atoms with E-state index in [1.165, 1.54) is 18.6 Å². The molecule has 0 aliphatic carbocycles. The van der Waals surface area contributed by atoms with Gasteiger partial charge in [0.1, 0.15) is 11.6 Å². The van der Waals surface area contributed by atoms with Crippen LogP contribution in [0.3, 0.4) is 0 Å². The van der Waals surface area contributed by atoms with Crippen LogP contribution in [0.25, 0.3) is 0 Å². The van der Waals surface area contributed by atoms with E-state index in [4.69, 9.17) is 15.2 Å². The molecule has 1 aromatic carbocycles. The molecular weight excluding hydrogens is 245 g/mol. The molecule has 0 bridgehead atoms. The summed E-state index contributed by atoms with van der Waals surface area (Å²) in [6.07, 6.45) is 5.49. The third-order valence-corrected chi connectivity index (χ3v) is 3.66. The molecule has 19 heavy (non-hydrogen) atoms. The molecule has 1 saturated heterocycles. The minimum absolute atomic E-state index is 0.212. The van der Waals surface area contributed by atoms with Crippen LogP contribution >= 0.6 is 0 Å². The largest absolute Gasteiger partial charge is 0.496 e. The van der Waals surface area contributed by atoms with Crippen molar-refractivity contribution in [1.29, 1.82) is 0 Å². The lowest BCUT2D eigenvalue weighted by molar-refractivity contribution is 0.00909. The summed E-state index contributed by atoms with van der Waals surface area (Å²) < 4.78 is 24.2. The molecule has 2 unspecified atom stereocenters. The Kier molecular flexibility index (Phi) is 5.16. The van der Waals surface area contributed by atoms with E-state index in [2.05, 4.69) is 0 Å². The molecule has 106 valence electrons. The second kappa shape index (κ2) is 6.87. The quantitative estimate of drug-likeness (QED) is 0.891. The molecule has 1 aromatic rings. The van der Waals surface area contributed by atoms with Crippen LogP contribution in [-0.2, 0) is 4.74 Å². The maximum atomic E-state index is 13.3. The molecule has 1 heterocycles. The predicted molar refractivity (Wildman–Crippen MR) is 72.7 cm³/mol. The van der Waals surface area contributed by atoms with Gasteiger partial charge in [0.25, 0.3) is 0 Å². The van der Waals surface area contributed by atoms with E-state index < -0.39 is 0 Å². The van der Waals surface area contributed by atoms with Gasteiger partial charge in [0, 0.05) is 18.2 Å². The first kappa shape index (κ1) is 14.3. The molecule has 0 amide bonds. The molecule has 2 rings (SSSR count). The lowest BCUT2D eigenvalue weighted by Crippen LogP contribution is -2.21. The Labute approximate surface area is 113 Å². The van der Waals surface area contributed by atoms with E-state index >= 15 is 0 Å². The van der Waals surface area contributed by atoms with Gasteiger partial charge in [0.2, 0.25) is 0 Å². The maximum Gasteiger partial charge on any atom is 0.123 e. The molecule has 4 heteroatoms. The summed E-state index contributed by atoms with van der Waals surface area (Å²) in [5.41, 5.74) is 6.89. The van der Waals surface area contributed by atoms with Gasteiger partial charge in [0.05, 0.1) is 13.2 Å². The summed E-state index contributed by atoms with van der Waals surface area (Å²) in [5, 5.41) is 0. The van der Waals surface area contributed by atoms with Crippen molar-refractivity contribution >= 4 is 0 Å². The van der Waals surface area contributed by atoms with Crippen LogP contribution in [0.5, 0.6) is 5.75 Å². The van der Waals surface area contributed by atoms with Gasteiger partial charge in [-0.05, 0) is 50.3 Å². The number of ether oxygens (including phenoxy) is 2. The number of hydrogen-bond donors (Lipinski definition) is 1. The Morgan fingerprint density at radius 2 is 2.32 bits per heavy atom. The van der Waals surface area contributed by atoms with Crippen LogP contribution in [0, 0.1) is 5.82 Å². The van der Waals surface area contributed by atoms with Crippen molar-refractivity contribution in [3.63, 3.8) is 0 Å². The summed E-state index contributed by atoms with van der Waals surface area (Å²) in [6.45, 7) is 0.850. The number of nitrogens with two attached hydrogens (primary N) is 1. The molecule has 0 spiro atoms. The third-order valence-electron chi connectivity index (χ3n) is 3.66. The summed E-state index contributed by atoms with van der Waals surface area (Å²) in [5.74, 6) is 0.374. The third kappa shape index (κ3) is 3.91. The van der Waals surface area contributed by atoms with E-state index in [0.717, 1.165) is 37.9 Å². The zero-order valence-corrected chi connectivity index (χ0v) is 11.4. The lowest BCUT2D eigenvalue weighted by atomic mass is 9.97. The number of halogens is 1. The van der Waals surface area contributed by atoms with Crippen LogP contribution in [0.1, 0.15) is 43.7 Å². The van der Waals surface area contributed by atoms with E-state index in [9.17, 15) is 4.39 Å². The summed E-state index contributed by atoms with van der Waals surface area (Å²) in [6, 6.07) is 4.27. The van der Waals surface area contributed by atoms with Gasteiger partial charge < -0.3 is 15.2 Å². The van der Waals surface area contributed by atoms with Crippen molar-refractivity contribution in [3.8, 4) is 5.75 Å². The predicted octanol–water partition coefficient (Wildman–Crippen LogP) is 3.18. The molecule has 0 aromatic heterocycles. The van der Waals surface area contributed by atoms with Gasteiger partial charge >= 0.3 is 0 Å². The highest BCUT2D eigenvalue weighted by molar-refractivity contribution is 5.36. The standard InChI is InChI=1S/C15H22FNO2/c1-18-15-8-5-11(16)10-13(15)14(17)7-6-12-4-2-3-9-19-12/h5,8,10,12,14H,2-4,6-7,9,17H2,1H3. The van der Waals surface area contributed by atoms with Crippen molar-refractivity contribution in [1.82, 2.24) is 0 Å². The Morgan fingerprint density at radius 3 is 3.00 bits per heavy atom. The van der Waals surface area contributed by atoms with Crippen molar-refractivity contribution in [2.75, 3.05) is 13.7 Å². The average molecular weight is 267 g/mol. The first-order chi connectivity index (χ1) is 9.20. The van der Waals surface area contributed by atoms with E-state index in [0.29, 0.717) is 11.9 Å². The summed E-state index contributed by atoms with van der Waals surface area (Å²) in [7, 11) is 1.58. The zero-order chi connectivity index (χ0) is 13.7. The molecule has 1 aliphatic heterocycles. The molecule has 1 aliphatic rings. The van der Waals surface area contributed by atoms with Crippen LogP contribution < -0.4 is 10.5 Å². The monoisotopic (exact) mass is 267 g/mol. The van der Waals surface area contributed by atoms with Crippen molar-refractivity contribution in [2.24, 2.45) is 5.73 Å². The molecule has 1 fully saturated rings. The van der Waals surface area contributed by atoms with Crippen molar-refractivity contribution in [2.45, 2.75) is 44.2 Å². The Morgan fingerprint density at radius 1 is 1.47 bits per heavy atom. The Bertz CT molecular complexity index is 405. The average Bonchev–Trinajstić information content (AvgIpc) is 2.46. The number of hydrogen-bond acceptors (Lipinski definition) is 3. The second-order valence-corrected chi connectivity index (χ2v) is 5.06. The fourth-order valence-electron chi connectivity index (χ4n) is 2.55. The topological polar surface area (TPSA) is 44.5 Å². The minimum Gasteiger partial charge on any atom is -0.496 e. The molecule has 3 nitrogen and oxygen atoms in total. The van der Waals surface area contributed by atoms with Gasteiger partial charge in [-0.3, -0.25) is 0 Å². The smallest absolute Gasteiger partial charge is 0.123 e. The van der Waals surface area contributed by atoms with E-state index in [-0.39, 0.29) is 11.9 Å². The molecule has 2 atom stereocenters. The van der Waals surface area contributed by atoms with E-state index in [1.807, 2.05) is 0 Å². The lowest BCUT2D eigenvalue weighted by Gasteiger charge is -2.24. The molecular formula is C15H22FNO2. The first-order valence-corrected chi connectivity index (χ1v) is 6.91. The highest BCUT2D eigenvalue weighted by Gasteiger charge is 2.18. The molecule has 0 saturated carbocycles. The Hall–Kier alpha value is -1.13. The van der Waals surface area contributed by atoms with Crippen molar-refractivity contribution < 1.29 is 13.9 Å². The summed E-state index contributed by atoms with van der Waals surface area (Å²) >= 11 is 0. The minimum atomic E-state index is -0.278. The number of methoxy groups -OCH3 is 1. The van der Waals surface area contributed by atoms with Crippen molar-refractivity contribution in [3.05, 3.63) is 29.6 Å². The first-order valence-electron chi connectivity index (χ1n) is 6.91. The van der Waals surface area contributed by atoms with Crippen LogP contribution in [0.2, 0.25) is 0 Å². The highest BCUT2D eigenvalue weighted by atomic mass is 19.1. The van der Waals surface area contributed by atoms with E-state index in [1.54, 1.807) is 13.2 Å². The summed E-state index contributed by atoms with van der Waals surface area (Å²) in [4.78, 5) is 0. The normalized spacial score (nSPS) is 21.1. The van der Waals surface area contributed by atoms with Crippen LogP contribution in [0.4, 0.5) is 4.39 Å². The zero-order valence-electron chi connectivity index (χ0n) is 11.4. The Balaban J connectivity index is 1.94. The molecule has 2 N–H and O–H groups in total. The molecule has 0 radical (unpaired) electrons. The maximum absolute atomic E-state index is 13.3. The van der Waals surface area contributed by atoms with Crippen LogP contribution in [-0.4, -0.2) is 19.8 Å². The van der Waals surface area contributed by atoms with Gasteiger partial charge in [-0.1, -0.05) is 0 Å². The fraction of sp³-hybridized carbons (Fsp3) is 0.600. The van der Waals surface area contributed by atoms with Gasteiger partial charge in [0.15, 0.2) is 0 Å². The number of rotatable bonds is 5. The fourth-order valence-corrected chi connectivity index (χ4v) is 2.55. The van der Waals surface area contributed by atoms with Gasteiger partial charge in [-0.2, -0.15) is 0 Å². The van der Waals surface area contributed by atoms with Crippen LogP contribution in [0.15, 0.2) is 18.2 Å². The SMILES string of the molecule is COc1ccc(F)cc1C(N)CCC1CCCCO1. The highest BCUT2D eigenvalue weighted by Crippen LogP contribution is 2.29. The van der Waals surface area contributed by atoms with Gasteiger partial charge in [-0.25, -0.2) is 4.39 Å². The van der Waals surface area contributed by atoms with Gasteiger partial charge in [-0.15, -0.1) is 0 Å². The number of benzene rings is 1.